The van der Waals surface area contributed by atoms with Gasteiger partial charge in [-0.15, -0.1) is 0 Å². The monoisotopic (exact) mass is 348 g/mol. The molecular weight excluding hydrogens is 328 g/mol. The van der Waals surface area contributed by atoms with Crippen LogP contribution in [0.4, 0.5) is 0 Å². The van der Waals surface area contributed by atoms with E-state index in [0.717, 1.165) is 18.5 Å². The largest absolute Gasteiger partial charge is 0.350 e. The van der Waals surface area contributed by atoms with Crippen molar-refractivity contribution in [3.8, 4) is 0 Å². The van der Waals surface area contributed by atoms with E-state index in [1.54, 1.807) is 12.3 Å². The van der Waals surface area contributed by atoms with Gasteiger partial charge in [-0.3, -0.25) is 14.0 Å². The first-order chi connectivity index (χ1) is 12.6. The SMILES string of the molecule is Cc1ccc2ncc(C(=O)NCC3NCCc4ccccc43)c(=O)n2c1. The molecule has 1 aliphatic rings. The molecule has 132 valence electrons. The summed E-state index contributed by atoms with van der Waals surface area (Å²) in [6.45, 7) is 3.19. The molecule has 3 heterocycles. The maximum absolute atomic E-state index is 12.6. The van der Waals surface area contributed by atoms with Crippen molar-refractivity contribution in [3.05, 3.63) is 81.4 Å². The molecule has 1 unspecified atom stereocenters. The Bertz CT molecular complexity index is 1040. The maximum atomic E-state index is 12.6. The first-order valence-corrected chi connectivity index (χ1v) is 8.71. The highest BCUT2D eigenvalue weighted by atomic mass is 16.2. The number of nitrogens with zero attached hydrogens (tertiary/aromatic N) is 2. The summed E-state index contributed by atoms with van der Waals surface area (Å²) in [6.07, 6.45) is 4.03. The topological polar surface area (TPSA) is 75.5 Å². The van der Waals surface area contributed by atoms with Crippen LogP contribution in [-0.2, 0) is 6.42 Å². The Morgan fingerprint density at radius 3 is 3.04 bits per heavy atom. The van der Waals surface area contributed by atoms with Crippen molar-refractivity contribution in [2.24, 2.45) is 0 Å². The Labute approximate surface area is 150 Å². The van der Waals surface area contributed by atoms with E-state index in [2.05, 4.69) is 27.8 Å². The lowest BCUT2D eigenvalue weighted by Gasteiger charge is -2.27. The highest BCUT2D eigenvalue weighted by Crippen LogP contribution is 2.21. The van der Waals surface area contributed by atoms with Gasteiger partial charge in [0, 0.05) is 25.0 Å². The van der Waals surface area contributed by atoms with Crippen LogP contribution in [0.25, 0.3) is 5.65 Å². The van der Waals surface area contributed by atoms with Gasteiger partial charge < -0.3 is 10.6 Å². The minimum absolute atomic E-state index is 0.0438. The van der Waals surface area contributed by atoms with Crippen molar-refractivity contribution in [1.82, 2.24) is 20.0 Å². The summed E-state index contributed by atoms with van der Waals surface area (Å²) in [6, 6.07) is 11.9. The number of rotatable bonds is 3. The summed E-state index contributed by atoms with van der Waals surface area (Å²) in [7, 11) is 0. The van der Waals surface area contributed by atoms with E-state index in [9.17, 15) is 9.59 Å². The number of amides is 1. The third kappa shape index (κ3) is 2.99. The average molecular weight is 348 g/mol. The number of benzene rings is 1. The molecule has 0 bridgehead atoms. The molecule has 2 N–H and O–H groups in total. The molecule has 26 heavy (non-hydrogen) atoms. The third-order valence-electron chi connectivity index (χ3n) is 4.78. The van der Waals surface area contributed by atoms with E-state index in [-0.39, 0.29) is 17.2 Å². The number of carbonyl (C=O) groups is 1. The van der Waals surface area contributed by atoms with E-state index >= 15 is 0 Å². The Hall–Kier alpha value is -2.99. The van der Waals surface area contributed by atoms with Crippen LogP contribution >= 0.6 is 0 Å². The van der Waals surface area contributed by atoms with Crippen LogP contribution < -0.4 is 16.2 Å². The first-order valence-electron chi connectivity index (χ1n) is 8.71. The van der Waals surface area contributed by atoms with Crippen LogP contribution in [0.15, 0.2) is 53.6 Å². The van der Waals surface area contributed by atoms with Gasteiger partial charge in [0.25, 0.3) is 11.5 Å². The predicted octanol–water partition coefficient (Wildman–Crippen LogP) is 1.62. The van der Waals surface area contributed by atoms with Crippen LogP contribution in [0.3, 0.4) is 0 Å². The predicted molar refractivity (Wildman–Crippen MR) is 99.4 cm³/mol. The average Bonchev–Trinajstić information content (AvgIpc) is 2.67. The Morgan fingerprint density at radius 1 is 1.31 bits per heavy atom. The lowest BCUT2D eigenvalue weighted by atomic mass is 9.94. The fourth-order valence-corrected chi connectivity index (χ4v) is 3.40. The van der Waals surface area contributed by atoms with Crippen LogP contribution in [0.5, 0.6) is 0 Å². The minimum atomic E-state index is -0.400. The van der Waals surface area contributed by atoms with Gasteiger partial charge in [0.2, 0.25) is 0 Å². The highest BCUT2D eigenvalue weighted by molar-refractivity contribution is 5.93. The number of aryl methyl sites for hydroxylation is 1. The summed E-state index contributed by atoms with van der Waals surface area (Å²) >= 11 is 0. The lowest BCUT2D eigenvalue weighted by molar-refractivity contribution is 0.0947. The number of hydrogen-bond acceptors (Lipinski definition) is 4. The van der Waals surface area contributed by atoms with Crippen molar-refractivity contribution in [1.29, 1.82) is 0 Å². The fourth-order valence-electron chi connectivity index (χ4n) is 3.40. The van der Waals surface area contributed by atoms with Gasteiger partial charge in [0.15, 0.2) is 0 Å². The van der Waals surface area contributed by atoms with Crippen molar-refractivity contribution in [2.45, 2.75) is 19.4 Å². The fraction of sp³-hybridized carbons (Fsp3) is 0.250. The molecule has 0 radical (unpaired) electrons. The molecule has 2 aromatic heterocycles. The summed E-state index contributed by atoms with van der Waals surface area (Å²) in [4.78, 5) is 29.4. The van der Waals surface area contributed by atoms with Gasteiger partial charge in [0.1, 0.15) is 11.2 Å². The van der Waals surface area contributed by atoms with Gasteiger partial charge in [0.05, 0.1) is 0 Å². The Kier molecular flexibility index (Phi) is 4.26. The van der Waals surface area contributed by atoms with E-state index < -0.39 is 5.91 Å². The van der Waals surface area contributed by atoms with E-state index in [0.29, 0.717) is 12.2 Å². The summed E-state index contributed by atoms with van der Waals surface area (Å²) < 4.78 is 1.42. The van der Waals surface area contributed by atoms with Crippen LogP contribution in [0.2, 0.25) is 0 Å². The van der Waals surface area contributed by atoms with Gasteiger partial charge in [-0.05, 0) is 42.6 Å². The summed E-state index contributed by atoms with van der Waals surface area (Å²) in [5.74, 6) is -0.400. The summed E-state index contributed by atoms with van der Waals surface area (Å²) in [5, 5.41) is 6.30. The van der Waals surface area contributed by atoms with Gasteiger partial charge in [-0.25, -0.2) is 4.98 Å². The molecule has 4 rings (SSSR count). The Morgan fingerprint density at radius 2 is 2.15 bits per heavy atom. The number of hydrogen-bond donors (Lipinski definition) is 2. The zero-order valence-corrected chi connectivity index (χ0v) is 14.5. The second kappa shape index (κ2) is 6.72. The van der Waals surface area contributed by atoms with Crippen LogP contribution in [0, 0.1) is 6.92 Å². The molecule has 6 heteroatoms. The molecule has 0 saturated heterocycles. The molecule has 1 atom stereocenters. The van der Waals surface area contributed by atoms with Crippen molar-refractivity contribution in [2.75, 3.05) is 13.1 Å². The molecule has 3 aromatic rings. The van der Waals surface area contributed by atoms with Gasteiger partial charge >= 0.3 is 0 Å². The number of carbonyl (C=O) groups excluding carboxylic acids is 1. The van der Waals surface area contributed by atoms with Crippen LogP contribution in [0.1, 0.15) is 33.1 Å². The van der Waals surface area contributed by atoms with Crippen molar-refractivity contribution in [3.63, 3.8) is 0 Å². The zero-order valence-electron chi connectivity index (χ0n) is 14.5. The van der Waals surface area contributed by atoms with E-state index in [1.165, 1.54) is 21.7 Å². The van der Waals surface area contributed by atoms with E-state index in [4.69, 9.17) is 0 Å². The normalized spacial score (nSPS) is 16.3. The quantitative estimate of drug-likeness (QED) is 0.754. The second-order valence-electron chi connectivity index (χ2n) is 6.58. The highest BCUT2D eigenvalue weighted by Gasteiger charge is 2.21. The molecule has 1 aliphatic heterocycles. The van der Waals surface area contributed by atoms with Crippen molar-refractivity contribution >= 4 is 11.6 Å². The third-order valence-corrected chi connectivity index (χ3v) is 4.78. The second-order valence-corrected chi connectivity index (χ2v) is 6.58. The molecule has 0 spiro atoms. The standard InChI is InChI=1S/C20H20N4O2/c1-13-6-7-18-22-10-16(20(26)24(18)12-13)19(25)23-11-17-15-5-3-2-4-14(15)8-9-21-17/h2-7,10,12,17,21H,8-9,11H2,1H3,(H,23,25). The lowest BCUT2D eigenvalue weighted by Crippen LogP contribution is -2.40. The smallest absolute Gasteiger partial charge is 0.270 e. The molecule has 0 aliphatic carbocycles. The minimum Gasteiger partial charge on any atom is -0.350 e. The first kappa shape index (κ1) is 16.5. The van der Waals surface area contributed by atoms with Gasteiger partial charge in [-0.1, -0.05) is 30.3 Å². The summed E-state index contributed by atoms with van der Waals surface area (Å²) in [5.41, 5.74) is 3.66. The number of aromatic nitrogens is 2. The van der Waals surface area contributed by atoms with Crippen LogP contribution in [-0.4, -0.2) is 28.4 Å². The number of fused-ring (bicyclic) bond motifs is 2. The molecule has 1 amide bonds. The van der Waals surface area contributed by atoms with E-state index in [1.807, 2.05) is 25.1 Å². The molecule has 0 fully saturated rings. The number of nitrogens with one attached hydrogen (secondary N) is 2. The molecule has 1 aromatic carbocycles. The maximum Gasteiger partial charge on any atom is 0.270 e. The molecular formula is C20H20N4O2. The Balaban J connectivity index is 1.55. The zero-order chi connectivity index (χ0) is 18.1. The van der Waals surface area contributed by atoms with Crippen molar-refractivity contribution < 1.29 is 4.79 Å². The molecule has 0 saturated carbocycles. The molecule has 6 nitrogen and oxygen atoms in total. The number of pyridine rings is 1. The van der Waals surface area contributed by atoms with Gasteiger partial charge in [-0.2, -0.15) is 0 Å².